The molecule has 5 heterocycles. The van der Waals surface area contributed by atoms with Gasteiger partial charge < -0.3 is 33.9 Å². The van der Waals surface area contributed by atoms with Crippen molar-refractivity contribution in [3.8, 4) is 22.9 Å². The van der Waals surface area contributed by atoms with Crippen LogP contribution in [-0.2, 0) is 39.5 Å². The Morgan fingerprint density at radius 1 is 1.15 bits per heavy atom. The maximum atomic E-state index is 13.6. The molecule has 0 aliphatic carbocycles. The van der Waals surface area contributed by atoms with Gasteiger partial charge in [-0.15, -0.1) is 0 Å². The first kappa shape index (κ1) is 25.3. The van der Waals surface area contributed by atoms with Gasteiger partial charge in [-0.1, -0.05) is 6.92 Å². The fraction of sp³-hybridized carbons (Fsp3) is 0.429. The Balaban J connectivity index is 1.55. The molecular weight excluding hydrogens is 506 g/mol. The van der Waals surface area contributed by atoms with Gasteiger partial charge >= 0.3 is 5.97 Å². The molecule has 204 valence electrons. The second-order valence-corrected chi connectivity index (χ2v) is 10.3. The van der Waals surface area contributed by atoms with Crippen LogP contribution in [0.5, 0.6) is 11.5 Å². The summed E-state index contributed by atoms with van der Waals surface area (Å²) in [5.74, 6) is 0.00385. The third-order valence-electron chi connectivity index (χ3n) is 7.98. The van der Waals surface area contributed by atoms with Gasteiger partial charge in [-0.25, -0.2) is 9.78 Å². The van der Waals surface area contributed by atoms with Gasteiger partial charge in [0.15, 0.2) is 17.1 Å². The van der Waals surface area contributed by atoms with E-state index in [4.69, 9.17) is 19.2 Å². The molecule has 2 N–H and O–H groups in total. The number of cyclic esters (lactones) is 1. The third-order valence-corrected chi connectivity index (χ3v) is 7.98. The minimum absolute atomic E-state index is 0.0539. The largest absolute Gasteiger partial charge is 0.458 e. The summed E-state index contributed by atoms with van der Waals surface area (Å²) in [7, 11) is 0. The first-order chi connectivity index (χ1) is 18.7. The van der Waals surface area contributed by atoms with Crippen LogP contribution in [0.4, 0.5) is 0 Å². The van der Waals surface area contributed by atoms with Crippen molar-refractivity contribution in [2.24, 2.45) is 0 Å². The number of aromatic nitrogens is 2. The quantitative estimate of drug-likeness (QED) is 0.352. The van der Waals surface area contributed by atoms with Crippen molar-refractivity contribution in [2.75, 3.05) is 19.9 Å². The minimum Gasteiger partial charge on any atom is -0.458 e. The van der Waals surface area contributed by atoms with Crippen molar-refractivity contribution in [2.45, 2.75) is 58.4 Å². The molecule has 0 spiro atoms. The maximum absolute atomic E-state index is 13.6. The van der Waals surface area contributed by atoms with Crippen LogP contribution in [0.1, 0.15) is 49.4 Å². The van der Waals surface area contributed by atoms with Gasteiger partial charge in [0, 0.05) is 35.2 Å². The Kier molecular flexibility index (Phi) is 5.88. The highest BCUT2D eigenvalue weighted by molar-refractivity contribution is 5.91. The lowest BCUT2D eigenvalue weighted by molar-refractivity contribution is -0.172. The summed E-state index contributed by atoms with van der Waals surface area (Å²) < 4.78 is 18.0. The zero-order chi connectivity index (χ0) is 27.6. The van der Waals surface area contributed by atoms with Crippen LogP contribution in [0.25, 0.3) is 22.3 Å². The Morgan fingerprint density at radius 3 is 2.59 bits per heavy atom. The fourth-order valence-electron chi connectivity index (χ4n) is 5.83. The average Bonchev–Trinajstić information content (AvgIpc) is 3.53. The van der Waals surface area contributed by atoms with Crippen LogP contribution < -0.4 is 15.0 Å². The van der Waals surface area contributed by atoms with Crippen LogP contribution >= 0.6 is 0 Å². The zero-order valence-corrected chi connectivity index (χ0v) is 21.9. The van der Waals surface area contributed by atoms with Crippen molar-refractivity contribution in [3.63, 3.8) is 0 Å². The lowest BCUT2D eigenvalue weighted by atomic mass is 9.86. The van der Waals surface area contributed by atoms with Gasteiger partial charge in [-0.2, -0.15) is 0 Å². The highest BCUT2D eigenvalue weighted by Crippen LogP contribution is 2.43. The number of nitrogens with zero attached hydrogens (tertiary/aromatic N) is 3. The molecule has 1 aromatic carbocycles. The number of hydrogen-bond donors (Lipinski definition) is 2. The Bertz CT molecular complexity index is 1610. The van der Waals surface area contributed by atoms with E-state index in [0.717, 1.165) is 16.5 Å². The first-order valence-corrected chi connectivity index (χ1v) is 13.0. The number of pyridine rings is 2. The summed E-state index contributed by atoms with van der Waals surface area (Å²) >= 11 is 0. The Hall–Kier alpha value is -3.96. The number of esters is 1. The van der Waals surface area contributed by atoms with Crippen molar-refractivity contribution in [1.82, 2.24) is 14.5 Å². The number of amides is 1. The lowest BCUT2D eigenvalue weighted by Gasteiger charge is -2.31. The fourth-order valence-corrected chi connectivity index (χ4v) is 5.83. The van der Waals surface area contributed by atoms with Gasteiger partial charge in [-0.3, -0.25) is 9.59 Å². The molecule has 1 amide bonds. The predicted octanol–water partition coefficient (Wildman–Crippen LogP) is 1.58. The molecule has 3 aliphatic heterocycles. The highest BCUT2D eigenvalue weighted by atomic mass is 16.7. The van der Waals surface area contributed by atoms with Crippen LogP contribution in [-0.4, -0.2) is 62.5 Å². The summed E-state index contributed by atoms with van der Waals surface area (Å²) in [6.07, 6.45) is 0.492. The molecule has 0 saturated heterocycles. The number of aliphatic hydroxyl groups is 2. The van der Waals surface area contributed by atoms with E-state index >= 15 is 0 Å². The molecule has 0 bridgehead atoms. The monoisotopic (exact) mass is 535 g/mol. The molecule has 1 unspecified atom stereocenters. The van der Waals surface area contributed by atoms with Crippen LogP contribution in [0, 0.1) is 0 Å². The molecule has 39 heavy (non-hydrogen) atoms. The van der Waals surface area contributed by atoms with Crippen LogP contribution in [0.2, 0.25) is 0 Å². The standard InChI is InChI=1S/C28H29N3O8/c1-4-28(36)19-8-21-25-17(10-31(21)26(34)18(19)12-37-27(28)35)15(5-6-30(14(2)3)24(33)11-32)16-7-22-23(39-13-38-22)9-20(16)29-25/h7-9,14,32,36H,4-6,10-13H2,1-3H3. The minimum atomic E-state index is -1.92. The second kappa shape index (κ2) is 9.06. The van der Waals surface area contributed by atoms with Gasteiger partial charge in [0.1, 0.15) is 13.2 Å². The molecule has 0 radical (unpaired) electrons. The number of carbonyl (C=O) groups is 2. The molecule has 6 rings (SSSR count). The average molecular weight is 536 g/mol. The molecule has 11 nitrogen and oxygen atoms in total. The number of hydrogen-bond acceptors (Lipinski definition) is 9. The summed E-state index contributed by atoms with van der Waals surface area (Å²) in [4.78, 5) is 45.1. The molecule has 3 aliphatic rings. The van der Waals surface area contributed by atoms with Gasteiger partial charge in [0.05, 0.1) is 29.0 Å². The highest BCUT2D eigenvalue weighted by Gasteiger charge is 2.45. The SMILES string of the molecule is CCC1(O)C(=O)OCc2c1cc1n(c2=O)Cc2c-1nc1cc3c(cc1c2CCN(C(=O)CO)C(C)C)OCO3. The van der Waals surface area contributed by atoms with E-state index in [2.05, 4.69) is 0 Å². The van der Waals surface area contributed by atoms with Gasteiger partial charge in [-0.05, 0) is 44.4 Å². The number of benzene rings is 1. The topological polar surface area (TPSA) is 140 Å². The summed E-state index contributed by atoms with van der Waals surface area (Å²) in [6.45, 7) is 5.33. The number of aliphatic hydroxyl groups excluding tert-OH is 1. The van der Waals surface area contributed by atoms with Crippen molar-refractivity contribution in [1.29, 1.82) is 0 Å². The van der Waals surface area contributed by atoms with E-state index in [1.807, 2.05) is 19.9 Å². The lowest BCUT2D eigenvalue weighted by Crippen LogP contribution is -2.44. The number of fused-ring (bicyclic) bond motifs is 6. The van der Waals surface area contributed by atoms with E-state index in [0.29, 0.717) is 41.4 Å². The van der Waals surface area contributed by atoms with Gasteiger partial charge in [0.2, 0.25) is 12.7 Å². The Morgan fingerprint density at radius 2 is 1.90 bits per heavy atom. The molecule has 0 fully saturated rings. The number of ether oxygens (including phenoxy) is 3. The summed E-state index contributed by atoms with van der Waals surface area (Å²) in [5, 5.41) is 21.5. The smallest absolute Gasteiger partial charge is 0.343 e. The zero-order valence-electron chi connectivity index (χ0n) is 21.9. The molecule has 2 aromatic heterocycles. The second-order valence-electron chi connectivity index (χ2n) is 10.3. The molecule has 11 heteroatoms. The number of carbonyl (C=O) groups excluding carboxylic acids is 2. The normalized spacial score (nSPS) is 18.7. The van der Waals surface area contributed by atoms with E-state index < -0.39 is 18.2 Å². The first-order valence-electron chi connectivity index (χ1n) is 13.0. The molecule has 3 aromatic rings. The number of rotatable bonds is 6. The van der Waals surface area contributed by atoms with Crippen molar-refractivity contribution in [3.05, 3.63) is 50.8 Å². The predicted molar refractivity (Wildman–Crippen MR) is 138 cm³/mol. The van der Waals surface area contributed by atoms with E-state index in [9.17, 15) is 24.6 Å². The van der Waals surface area contributed by atoms with Crippen molar-refractivity contribution >= 4 is 22.8 Å². The van der Waals surface area contributed by atoms with Gasteiger partial charge in [0.25, 0.3) is 5.56 Å². The molecular formula is C28H29N3O8. The molecule has 1 atom stereocenters. The van der Waals surface area contributed by atoms with E-state index in [1.54, 1.807) is 28.5 Å². The summed E-state index contributed by atoms with van der Waals surface area (Å²) in [6, 6.07) is 5.21. The maximum Gasteiger partial charge on any atom is 0.343 e. The Labute approximate surface area is 223 Å². The molecule has 0 saturated carbocycles. The van der Waals surface area contributed by atoms with Crippen LogP contribution in [0.15, 0.2) is 23.0 Å². The van der Waals surface area contributed by atoms with E-state index in [1.165, 1.54) is 0 Å². The third kappa shape index (κ3) is 3.71. The van der Waals surface area contributed by atoms with E-state index in [-0.39, 0.29) is 55.0 Å². The summed E-state index contributed by atoms with van der Waals surface area (Å²) in [5.41, 5.74) is 1.64. The van der Waals surface area contributed by atoms with Crippen molar-refractivity contribution < 1.29 is 34.0 Å². The van der Waals surface area contributed by atoms with Crippen LogP contribution in [0.3, 0.4) is 0 Å².